The fourth-order valence-corrected chi connectivity index (χ4v) is 3.67. The van der Waals surface area contributed by atoms with E-state index >= 15 is 0 Å². The Morgan fingerprint density at radius 1 is 0.806 bits per heavy atom. The quantitative estimate of drug-likeness (QED) is 0.257. The Morgan fingerprint density at radius 2 is 1.32 bits per heavy atom. The van der Waals surface area contributed by atoms with Crippen molar-refractivity contribution in [3.05, 3.63) is 0 Å². The molecule has 0 bridgehead atoms. The number of fused-ring (bicyclic) bond motifs is 1. The Morgan fingerprint density at radius 3 is 1.87 bits per heavy atom. The van der Waals surface area contributed by atoms with Crippen molar-refractivity contribution in [2.45, 2.75) is 32.1 Å². The lowest BCUT2D eigenvalue weighted by atomic mass is 10.1. The molecule has 3 N–H and O–H groups in total. The summed E-state index contributed by atoms with van der Waals surface area (Å²) in [6.45, 7) is 4.31. The highest BCUT2D eigenvalue weighted by molar-refractivity contribution is 5.73. The van der Waals surface area contributed by atoms with E-state index in [0.717, 1.165) is 25.7 Å². The summed E-state index contributed by atoms with van der Waals surface area (Å²) >= 11 is 0. The van der Waals surface area contributed by atoms with Crippen molar-refractivity contribution in [1.82, 2.24) is 5.32 Å². The number of amides is 2. The zero-order valence-electron chi connectivity index (χ0n) is 18.3. The zero-order chi connectivity index (χ0) is 22.2. The van der Waals surface area contributed by atoms with Crippen LogP contribution in [0.1, 0.15) is 32.1 Å². The Labute approximate surface area is 184 Å². The molecule has 9 heteroatoms. The molecule has 0 aromatic heterocycles. The van der Waals surface area contributed by atoms with Gasteiger partial charge < -0.3 is 34.7 Å². The first-order valence-corrected chi connectivity index (χ1v) is 11.1. The third-order valence-electron chi connectivity index (χ3n) is 5.37. The summed E-state index contributed by atoms with van der Waals surface area (Å²) < 4.78 is 26.6. The maximum Gasteiger partial charge on any atom is 0.407 e. The summed E-state index contributed by atoms with van der Waals surface area (Å²) in [5.74, 6) is 7.85. The van der Waals surface area contributed by atoms with Gasteiger partial charge >= 0.3 is 6.09 Å². The van der Waals surface area contributed by atoms with Crippen LogP contribution < -0.4 is 11.1 Å². The largest absolute Gasteiger partial charge is 0.449 e. The van der Waals surface area contributed by atoms with E-state index in [1.54, 1.807) is 0 Å². The molecule has 0 spiro atoms. The normalized spacial score (nSPS) is 21.7. The number of hydrogen-bond donors (Lipinski definition) is 2. The van der Waals surface area contributed by atoms with E-state index in [9.17, 15) is 9.59 Å². The lowest BCUT2D eigenvalue weighted by molar-refractivity contribution is -0.119. The third kappa shape index (κ3) is 11.9. The fraction of sp³-hybridized carbons (Fsp3) is 0.818. The molecule has 31 heavy (non-hydrogen) atoms. The number of nitrogens with one attached hydrogen (secondary N) is 1. The summed E-state index contributed by atoms with van der Waals surface area (Å²) in [6.07, 6.45) is 4.02. The van der Waals surface area contributed by atoms with Crippen LogP contribution in [0.2, 0.25) is 0 Å². The smallest absolute Gasteiger partial charge is 0.407 e. The molecular weight excluding hydrogens is 404 g/mol. The van der Waals surface area contributed by atoms with Gasteiger partial charge in [0.15, 0.2) is 0 Å². The predicted molar refractivity (Wildman–Crippen MR) is 113 cm³/mol. The average molecular weight is 441 g/mol. The minimum Gasteiger partial charge on any atom is -0.449 e. The minimum absolute atomic E-state index is 0.220. The second-order valence-corrected chi connectivity index (χ2v) is 7.61. The van der Waals surface area contributed by atoms with Crippen LogP contribution in [0.4, 0.5) is 4.79 Å². The molecule has 0 aliphatic heterocycles. The molecular formula is C22H36N2O7. The van der Waals surface area contributed by atoms with Crippen LogP contribution in [-0.4, -0.2) is 78.0 Å². The van der Waals surface area contributed by atoms with Gasteiger partial charge in [0, 0.05) is 25.8 Å². The van der Waals surface area contributed by atoms with Crippen molar-refractivity contribution in [3.63, 3.8) is 0 Å². The molecule has 9 nitrogen and oxygen atoms in total. The molecule has 176 valence electrons. The highest BCUT2D eigenvalue weighted by atomic mass is 16.6. The van der Waals surface area contributed by atoms with E-state index in [1.165, 1.54) is 0 Å². The van der Waals surface area contributed by atoms with Gasteiger partial charge in [0.25, 0.3) is 0 Å². The van der Waals surface area contributed by atoms with Gasteiger partial charge in [-0.1, -0.05) is 0 Å². The number of alkyl carbamates (subject to hydrolysis) is 1. The monoisotopic (exact) mass is 440 g/mol. The van der Waals surface area contributed by atoms with Crippen molar-refractivity contribution < 1.29 is 33.3 Å². The van der Waals surface area contributed by atoms with Crippen molar-refractivity contribution in [1.29, 1.82) is 0 Å². The molecule has 1 saturated carbocycles. The predicted octanol–water partition coefficient (Wildman–Crippen LogP) is 1.09. The summed E-state index contributed by atoms with van der Waals surface area (Å²) in [5.41, 5.74) is 5.00. The van der Waals surface area contributed by atoms with Gasteiger partial charge in [-0.25, -0.2) is 4.79 Å². The molecule has 1 fully saturated rings. The standard InChI is InChI=1S/C22H36N2O7/c23-21(25)7-9-27-11-13-29-15-16-30-14-12-28-10-8-24-22(26)31-17-20-18-5-3-1-2-4-6-19(18)20/h18-20H,3-17H2,(H2,23,25)(H,24,26)/t18-,19+,20?. The summed E-state index contributed by atoms with van der Waals surface area (Å²) in [4.78, 5) is 22.3. The van der Waals surface area contributed by atoms with Crippen LogP contribution in [0.15, 0.2) is 0 Å². The lowest BCUT2D eigenvalue weighted by Gasteiger charge is -2.08. The van der Waals surface area contributed by atoms with E-state index in [1.807, 2.05) is 0 Å². The average Bonchev–Trinajstić information content (AvgIpc) is 3.38. The van der Waals surface area contributed by atoms with Crippen LogP contribution in [0.25, 0.3) is 0 Å². The lowest BCUT2D eigenvalue weighted by Crippen LogP contribution is -2.29. The molecule has 1 unspecified atom stereocenters. The first-order chi connectivity index (χ1) is 15.2. The molecule has 0 aromatic carbocycles. The second-order valence-electron chi connectivity index (χ2n) is 7.61. The molecule has 0 radical (unpaired) electrons. The molecule has 2 aliphatic rings. The molecule has 0 saturated heterocycles. The van der Waals surface area contributed by atoms with E-state index in [0.29, 0.717) is 83.8 Å². The third-order valence-corrected chi connectivity index (χ3v) is 5.37. The van der Waals surface area contributed by atoms with Crippen LogP contribution in [0.3, 0.4) is 0 Å². The van der Waals surface area contributed by atoms with E-state index in [-0.39, 0.29) is 18.4 Å². The number of carbonyl (C=O) groups excluding carboxylic acids is 2. The maximum atomic E-state index is 11.8. The molecule has 2 aliphatic carbocycles. The Bertz CT molecular complexity index is 572. The van der Waals surface area contributed by atoms with Crippen molar-refractivity contribution in [3.8, 4) is 11.8 Å². The number of primary amides is 1. The molecule has 0 heterocycles. The minimum atomic E-state index is -0.383. The summed E-state index contributed by atoms with van der Waals surface area (Å²) in [5, 5.41) is 2.71. The van der Waals surface area contributed by atoms with Crippen LogP contribution in [0.5, 0.6) is 0 Å². The van der Waals surface area contributed by atoms with Crippen molar-refractivity contribution in [2.75, 3.05) is 66.0 Å². The van der Waals surface area contributed by atoms with Gasteiger partial charge in [0.05, 0.1) is 59.5 Å². The molecule has 3 atom stereocenters. The van der Waals surface area contributed by atoms with Gasteiger partial charge in [-0.05, 0) is 30.6 Å². The van der Waals surface area contributed by atoms with Gasteiger partial charge in [-0.2, -0.15) is 0 Å². The molecule has 2 rings (SSSR count). The van der Waals surface area contributed by atoms with E-state index < -0.39 is 0 Å². The fourth-order valence-electron chi connectivity index (χ4n) is 3.67. The first-order valence-electron chi connectivity index (χ1n) is 11.1. The first kappa shape index (κ1) is 25.4. The van der Waals surface area contributed by atoms with Gasteiger partial charge in [0.2, 0.25) is 5.91 Å². The number of hydrogen-bond acceptors (Lipinski definition) is 7. The van der Waals surface area contributed by atoms with Crippen LogP contribution >= 0.6 is 0 Å². The SMILES string of the molecule is NC(=O)CCOCCOCCOCCOCCNC(=O)OCC1[C@H]2CCC#CCC[C@@H]12. The van der Waals surface area contributed by atoms with E-state index in [2.05, 4.69) is 17.2 Å². The van der Waals surface area contributed by atoms with Crippen LogP contribution in [-0.2, 0) is 28.5 Å². The Kier molecular flexibility index (Phi) is 13.0. The van der Waals surface area contributed by atoms with Gasteiger partial charge in [-0.15, -0.1) is 11.8 Å². The maximum absolute atomic E-state index is 11.8. The Hall–Kier alpha value is -1.86. The highest BCUT2D eigenvalue weighted by Crippen LogP contribution is 2.52. The number of ether oxygens (including phenoxy) is 5. The summed E-state index contributed by atoms with van der Waals surface area (Å²) in [7, 11) is 0. The highest BCUT2D eigenvalue weighted by Gasteiger charge is 2.49. The molecule has 0 aromatic rings. The topological polar surface area (TPSA) is 118 Å². The van der Waals surface area contributed by atoms with Crippen LogP contribution in [0, 0.1) is 29.6 Å². The van der Waals surface area contributed by atoms with Crippen molar-refractivity contribution >= 4 is 12.0 Å². The number of carbonyl (C=O) groups is 2. The van der Waals surface area contributed by atoms with Gasteiger partial charge in [0.1, 0.15) is 0 Å². The number of nitrogens with two attached hydrogens (primary N) is 1. The summed E-state index contributed by atoms with van der Waals surface area (Å²) in [6, 6.07) is 0. The zero-order valence-corrected chi connectivity index (χ0v) is 18.3. The van der Waals surface area contributed by atoms with Crippen molar-refractivity contribution in [2.24, 2.45) is 23.5 Å². The Balaban J connectivity index is 1.29. The second kappa shape index (κ2) is 15.9. The number of rotatable bonds is 17. The van der Waals surface area contributed by atoms with Gasteiger partial charge in [-0.3, -0.25) is 4.79 Å². The van der Waals surface area contributed by atoms with E-state index in [4.69, 9.17) is 29.4 Å². The molecule has 2 amide bonds.